The van der Waals surface area contributed by atoms with Crippen LogP contribution in [-0.2, 0) is 0 Å². The van der Waals surface area contributed by atoms with E-state index < -0.39 is 0 Å². The van der Waals surface area contributed by atoms with Gasteiger partial charge in [0.1, 0.15) is 5.75 Å². The van der Waals surface area contributed by atoms with Crippen LogP contribution in [0.1, 0.15) is 58.8 Å². The highest BCUT2D eigenvalue weighted by Crippen LogP contribution is 2.09. The number of unbranched alkanes of at least 4 members (excludes halogenated alkanes) is 4. The molecule has 1 aromatic carbocycles. The van der Waals surface area contributed by atoms with Gasteiger partial charge in [-0.2, -0.15) is 0 Å². The Kier molecular flexibility index (Phi) is 10.0. The standard InChI is InChI=1S/C18H31NO/c1-3-4-5-6-8-12-17(2)19-15-11-16-20-18-13-9-7-10-14-18/h7,9-10,13-14,17,19H,3-6,8,11-12,15-16H2,1-2H3. The molecule has 1 unspecified atom stereocenters. The molecule has 0 radical (unpaired) electrons. The number of hydrogen-bond acceptors (Lipinski definition) is 2. The zero-order chi connectivity index (χ0) is 14.5. The predicted octanol–water partition coefficient (Wildman–Crippen LogP) is 4.79. The second kappa shape index (κ2) is 11.8. The van der Waals surface area contributed by atoms with Crippen molar-refractivity contribution in [3.05, 3.63) is 30.3 Å². The Morgan fingerprint density at radius 2 is 1.75 bits per heavy atom. The molecule has 0 aliphatic rings. The van der Waals surface area contributed by atoms with Gasteiger partial charge in [0.2, 0.25) is 0 Å². The topological polar surface area (TPSA) is 21.3 Å². The van der Waals surface area contributed by atoms with E-state index in [-0.39, 0.29) is 0 Å². The van der Waals surface area contributed by atoms with Crippen LogP contribution < -0.4 is 10.1 Å². The van der Waals surface area contributed by atoms with Crippen LogP contribution in [0.25, 0.3) is 0 Å². The van der Waals surface area contributed by atoms with Crippen molar-refractivity contribution in [2.24, 2.45) is 0 Å². The third-order valence-electron chi connectivity index (χ3n) is 3.57. The lowest BCUT2D eigenvalue weighted by atomic mass is 10.1. The Hall–Kier alpha value is -1.02. The third kappa shape index (κ3) is 8.98. The Morgan fingerprint density at radius 1 is 1.00 bits per heavy atom. The van der Waals surface area contributed by atoms with Crippen molar-refractivity contribution >= 4 is 0 Å². The van der Waals surface area contributed by atoms with E-state index >= 15 is 0 Å². The Morgan fingerprint density at radius 3 is 2.50 bits per heavy atom. The van der Waals surface area contributed by atoms with Crippen LogP contribution >= 0.6 is 0 Å². The lowest BCUT2D eigenvalue weighted by Gasteiger charge is -2.13. The Labute approximate surface area is 124 Å². The van der Waals surface area contributed by atoms with E-state index in [1.165, 1.54) is 38.5 Å². The number of ether oxygens (including phenoxy) is 1. The van der Waals surface area contributed by atoms with Gasteiger partial charge in [-0.25, -0.2) is 0 Å². The highest BCUT2D eigenvalue weighted by Gasteiger charge is 2.00. The minimum Gasteiger partial charge on any atom is -0.494 e. The molecule has 0 aliphatic heterocycles. The van der Waals surface area contributed by atoms with Gasteiger partial charge in [-0.3, -0.25) is 0 Å². The molecule has 0 saturated carbocycles. The van der Waals surface area contributed by atoms with Crippen LogP contribution in [0, 0.1) is 0 Å². The predicted molar refractivity (Wildman–Crippen MR) is 87.4 cm³/mol. The lowest BCUT2D eigenvalue weighted by molar-refractivity contribution is 0.304. The molecule has 0 saturated heterocycles. The van der Waals surface area contributed by atoms with Crippen molar-refractivity contribution < 1.29 is 4.74 Å². The molecule has 1 N–H and O–H groups in total. The zero-order valence-electron chi connectivity index (χ0n) is 13.2. The number of rotatable bonds is 12. The average Bonchev–Trinajstić information content (AvgIpc) is 2.48. The van der Waals surface area contributed by atoms with Crippen LogP contribution in [-0.4, -0.2) is 19.2 Å². The van der Waals surface area contributed by atoms with Gasteiger partial charge in [0.05, 0.1) is 6.61 Å². The summed E-state index contributed by atoms with van der Waals surface area (Å²) in [6.07, 6.45) is 9.21. The highest BCUT2D eigenvalue weighted by molar-refractivity contribution is 5.20. The first-order valence-corrected chi connectivity index (χ1v) is 8.24. The van der Waals surface area contributed by atoms with Crippen molar-refractivity contribution in [1.82, 2.24) is 5.32 Å². The fraction of sp³-hybridized carbons (Fsp3) is 0.667. The van der Waals surface area contributed by atoms with Crippen molar-refractivity contribution in [2.75, 3.05) is 13.2 Å². The highest BCUT2D eigenvalue weighted by atomic mass is 16.5. The summed E-state index contributed by atoms with van der Waals surface area (Å²) in [5, 5.41) is 3.58. The minimum atomic E-state index is 0.633. The quantitative estimate of drug-likeness (QED) is 0.554. The van der Waals surface area contributed by atoms with E-state index in [9.17, 15) is 0 Å². The maximum absolute atomic E-state index is 5.67. The maximum atomic E-state index is 5.67. The average molecular weight is 277 g/mol. The second-order valence-corrected chi connectivity index (χ2v) is 5.57. The van der Waals surface area contributed by atoms with E-state index in [1.54, 1.807) is 0 Å². The lowest BCUT2D eigenvalue weighted by Crippen LogP contribution is -2.27. The smallest absolute Gasteiger partial charge is 0.119 e. The fourth-order valence-corrected chi connectivity index (χ4v) is 2.28. The van der Waals surface area contributed by atoms with Crippen molar-refractivity contribution in [3.8, 4) is 5.75 Å². The van der Waals surface area contributed by atoms with Crippen LogP contribution in [0.4, 0.5) is 0 Å². The molecule has 0 heterocycles. The van der Waals surface area contributed by atoms with Gasteiger partial charge in [-0.05, 0) is 38.4 Å². The summed E-state index contributed by atoms with van der Waals surface area (Å²) < 4.78 is 5.67. The van der Waals surface area contributed by atoms with Crippen LogP contribution in [0.5, 0.6) is 5.75 Å². The number of benzene rings is 1. The summed E-state index contributed by atoms with van der Waals surface area (Å²) in [4.78, 5) is 0. The van der Waals surface area contributed by atoms with Crippen molar-refractivity contribution in [3.63, 3.8) is 0 Å². The van der Waals surface area contributed by atoms with Crippen LogP contribution in [0.2, 0.25) is 0 Å². The Balaban J connectivity index is 1.90. The monoisotopic (exact) mass is 277 g/mol. The molecule has 2 nitrogen and oxygen atoms in total. The second-order valence-electron chi connectivity index (χ2n) is 5.57. The maximum Gasteiger partial charge on any atom is 0.119 e. The van der Waals surface area contributed by atoms with Gasteiger partial charge in [0.15, 0.2) is 0 Å². The molecule has 1 atom stereocenters. The molecule has 0 spiro atoms. The molecule has 0 aliphatic carbocycles. The summed E-state index contributed by atoms with van der Waals surface area (Å²) in [6.45, 7) is 6.39. The third-order valence-corrected chi connectivity index (χ3v) is 3.57. The molecular weight excluding hydrogens is 246 g/mol. The molecule has 114 valence electrons. The molecule has 2 heteroatoms. The van der Waals surface area contributed by atoms with E-state index in [1.807, 2.05) is 30.3 Å². The zero-order valence-corrected chi connectivity index (χ0v) is 13.2. The summed E-state index contributed by atoms with van der Waals surface area (Å²) in [6, 6.07) is 10.7. The van der Waals surface area contributed by atoms with Gasteiger partial charge in [-0.1, -0.05) is 57.2 Å². The van der Waals surface area contributed by atoms with E-state index in [0.717, 1.165) is 25.3 Å². The molecule has 0 bridgehead atoms. The van der Waals surface area contributed by atoms with Crippen molar-refractivity contribution in [1.29, 1.82) is 0 Å². The number of hydrogen-bond donors (Lipinski definition) is 1. The molecule has 1 aromatic rings. The van der Waals surface area contributed by atoms with Crippen LogP contribution in [0.3, 0.4) is 0 Å². The van der Waals surface area contributed by atoms with E-state index in [4.69, 9.17) is 4.74 Å². The summed E-state index contributed by atoms with van der Waals surface area (Å²) in [5.74, 6) is 0.969. The van der Waals surface area contributed by atoms with Crippen LogP contribution in [0.15, 0.2) is 30.3 Å². The van der Waals surface area contributed by atoms with E-state index in [2.05, 4.69) is 19.2 Å². The van der Waals surface area contributed by atoms with Gasteiger partial charge in [0, 0.05) is 6.04 Å². The normalized spacial score (nSPS) is 12.3. The number of nitrogens with one attached hydrogen (secondary N) is 1. The van der Waals surface area contributed by atoms with Gasteiger partial charge < -0.3 is 10.1 Å². The van der Waals surface area contributed by atoms with Crippen molar-refractivity contribution in [2.45, 2.75) is 64.8 Å². The molecule has 1 rings (SSSR count). The van der Waals surface area contributed by atoms with Gasteiger partial charge in [-0.15, -0.1) is 0 Å². The van der Waals surface area contributed by atoms with Gasteiger partial charge in [0.25, 0.3) is 0 Å². The summed E-state index contributed by atoms with van der Waals surface area (Å²) >= 11 is 0. The largest absolute Gasteiger partial charge is 0.494 e. The fourth-order valence-electron chi connectivity index (χ4n) is 2.28. The molecule has 0 aromatic heterocycles. The summed E-state index contributed by atoms with van der Waals surface area (Å²) in [5.41, 5.74) is 0. The summed E-state index contributed by atoms with van der Waals surface area (Å²) in [7, 11) is 0. The first-order chi connectivity index (χ1) is 9.83. The van der Waals surface area contributed by atoms with Gasteiger partial charge >= 0.3 is 0 Å². The number of para-hydroxylation sites is 1. The molecule has 20 heavy (non-hydrogen) atoms. The molecule has 0 fully saturated rings. The molecule has 0 amide bonds. The first kappa shape index (κ1) is 17.0. The first-order valence-electron chi connectivity index (χ1n) is 8.24. The Bertz CT molecular complexity index is 312. The van der Waals surface area contributed by atoms with E-state index in [0.29, 0.717) is 6.04 Å². The molecular formula is C18H31NO. The minimum absolute atomic E-state index is 0.633. The SMILES string of the molecule is CCCCCCCC(C)NCCCOc1ccccc1.